The highest BCUT2D eigenvalue weighted by Gasteiger charge is 2.34. The number of rotatable bonds is 7. The van der Waals surface area contributed by atoms with Crippen LogP contribution >= 0.6 is 0 Å². The highest BCUT2D eigenvalue weighted by molar-refractivity contribution is 5.97. The van der Waals surface area contributed by atoms with E-state index in [-0.39, 0.29) is 30.1 Å². The lowest BCUT2D eigenvalue weighted by Crippen LogP contribution is -2.43. The van der Waals surface area contributed by atoms with Crippen molar-refractivity contribution in [3.05, 3.63) is 71.4 Å². The Labute approximate surface area is 221 Å². The quantitative estimate of drug-likeness (QED) is 0.361. The maximum absolute atomic E-state index is 13.4. The third kappa shape index (κ3) is 7.36. The largest absolute Gasteiger partial charge is 0.418 e. The minimum absolute atomic E-state index is 0.0308. The van der Waals surface area contributed by atoms with Crippen molar-refractivity contribution in [1.29, 1.82) is 0 Å². The number of nitrogens with zero attached hydrogens (tertiary/aromatic N) is 3. The molecule has 0 saturated carbocycles. The van der Waals surface area contributed by atoms with Gasteiger partial charge in [0, 0.05) is 18.0 Å². The number of amides is 3. The highest BCUT2D eigenvalue weighted by Crippen LogP contribution is 2.34. The molecule has 38 heavy (non-hydrogen) atoms. The van der Waals surface area contributed by atoms with E-state index in [4.69, 9.17) is 5.10 Å². The average molecular weight is 530 g/mol. The number of aryl methyl sites for hydroxylation is 1. The van der Waals surface area contributed by atoms with Gasteiger partial charge < -0.3 is 15.5 Å². The number of hydrogen-bond donors (Lipinski definition) is 2. The van der Waals surface area contributed by atoms with Crippen LogP contribution < -0.4 is 10.6 Å². The van der Waals surface area contributed by atoms with E-state index in [2.05, 4.69) is 10.6 Å². The fourth-order valence-corrected chi connectivity index (χ4v) is 3.84. The third-order valence-electron chi connectivity index (χ3n) is 5.67. The number of nitrogens with one attached hydrogen (secondary N) is 2. The Kier molecular flexibility index (Phi) is 8.54. The predicted octanol–water partition coefficient (Wildman–Crippen LogP) is 6.63. The molecule has 0 aliphatic rings. The van der Waals surface area contributed by atoms with Crippen molar-refractivity contribution in [1.82, 2.24) is 14.7 Å². The molecule has 0 spiro atoms. The fourth-order valence-electron chi connectivity index (χ4n) is 3.84. The lowest BCUT2D eigenvalue weighted by atomic mass is 9.92. The molecule has 0 radical (unpaired) electrons. The average Bonchev–Trinajstić information content (AvgIpc) is 3.22. The SMILES string of the molecule is Cc1cccc(-n2nc(C(C)(C)C)cc2NC(=O)CN(CC(C)C)C(=O)Nc2ccccc2C(F)(F)F)c1. The van der Waals surface area contributed by atoms with Gasteiger partial charge >= 0.3 is 12.2 Å². The smallest absolute Gasteiger partial charge is 0.315 e. The van der Waals surface area contributed by atoms with Crippen LogP contribution in [0, 0.1) is 12.8 Å². The van der Waals surface area contributed by atoms with E-state index < -0.39 is 23.7 Å². The maximum Gasteiger partial charge on any atom is 0.418 e. The van der Waals surface area contributed by atoms with Gasteiger partial charge in [0.15, 0.2) is 0 Å². The van der Waals surface area contributed by atoms with Crippen LogP contribution in [0.3, 0.4) is 0 Å². The molecule has 0 fully saturated rings. The molecule has 3 amide bonds. The molecule has 0 unspecified atom stereocenters. The van der Waals surface area contributed by atoms with E-state index in [1.165, 1.54) is 23.1 Å². The molecular formula is C28H34F3N5O2. The van der Waals surface area contributed by atoms with Crippen molar-refractivity contribution in [2.75, 3.05) is 23.7 Å². The summed E-state index contributed by atoms with van der Waals surface area (Å²) in [6, 6.07) is 13.4. The number of urea groups is 1. The molecule has 0 bridgehead atoms. The molecule has 0 saturated heterocycles. The van der Waals surface area contributed by atoms with Crippen LogP contribution in [0.2, 0.25) is 0 Å². The topological polar surface area (TPSA) is 79.3 Å². The monoisotopic (exact) mass is 529 g/mol. The van der Waals surface area contributed by atoms with E-state index in [0.29, 0.717) is 5.82 Å². The van der Waals surface area contributed by atoms with Crippen molar-refractivity contribution in [3.8, 4) is 5.69 Å². The zero-order valence-electron chi connectivity index (χ0n) is 22.5. The van der Waals surface area contributed by atoms with Gasteiger partial charge in [-0.3, -0.25) is 4.79 Å². The first-order valence-corrected chi connectivity index (χ1v) is 12.3. The normalized spacial score (nSPS) is 11.9. The van der Waals surface area contributed by atoms with Crippen molar-refractivity contribution < 1.29 is 22.8 Å². The molecule has 2 N–H and O–H groups in total. The van der Waals surface area contributed by atoms with Crippen LogP contribution in [-0.4, -0.2) is 39.7 Å². The van der Waals surface area contributed by atoms with Crippen molar-refractivity contribution in [2.45, 2.75) is 53.1 Å². The Bertz CT molecular complexity index is 1290. The summed E-state index contributed by atoms with van der Waals surface area (Å²) in [6.45, 7) is 11.5. The van der Waals surface area contributed by atoms with Crippen LogP contribution in [-0.2, 0) is 16.4 Å². The van der Waals surface area contributed by atoms with Gasteiger partial charge in [-0.2, -0.15) is 18.3 Å². The Morgan fingerprint density at radius 2 is 1.68 bits per heavy atom. The Morgan fingerprint density at radius 1 is 1.00 bits per heavy atom. The number of para-hydroxylation sites is 1. The van der Waals surface area contributed by atoms with Crippen LogP contribution in [0.25, 0.3) is 5.69 Å². The lowest BCUT2D eigenvalue weighted by molar-refractivity contribution is -0.137. The second kappa shape index (κ2) is 11.3. The second-order valence-corrected chi connectivity index (χ2v) is 10.7. The van der Waals surface area contributed by atoms with Gasteiger partial charge in [-0.25, -0.2) is 9.48 Å². The van der Waals surface area contributed by atoms with Crippen molar-refractivity contribution in [3.63, 3.8) is 0 Å². The number of carbonyl (C=O) groups excluding carboxylic acids is 2. The van der Waals surface area contributed by atoms with Gasteiger partial charge in [-0.05, 0) is 42.7 Å². The van der Waals surface area contributed by atoms with Crippen LogP contribution in [0.5, 0.6) is 0 Å². The standard InChI is InChI=1S/C28H34F3N5O2/c1-18(2)16-35(26(38)32-22-13-8-7-12-21(22)28(29,30)31)17-25(37)33-24-15-23(27(4,5)6)34-36(24)20-11-9-10-19(3)14-20/h7-15,18H,16-17H2,1-6H3,(H,32,38)(H,33,37). The summed E-state index contributed by atoms with van der Waals surface area (Å²) in [5.74, 6) is -0.103. The molecule has 204 valence electrons. The van der Waals surface area contributed by atoms with E-state index in [9.17, 15) is 22.8 Å². The molecule has 1 aromatic heterocycles. The fraction of sp³-hybridized carbons (Fsp3) is 0.393. The molecule has 10 heteroatoms. The number of benzene rings is 2. The number of alkyl halides is 3. The second-order valence-electron chi connectivity index (χ2n) is 10.7. The van der Waals surface area contributed by atoms with E-state index >= 15 is 0 Å². The summed E-state index contributed by atoms with van der Waals surface area (Å²) in [7, 11) is 0. The first kappa shape index (κ1) is 28.7. The third-order valence-corrected chi connectivity index (χ3v) is 5.67. The molecule has 3 rings (SSSR count). The minimum Gasteiger partial charge on any atom is -0.315 e. The Morgan fingerprint density at radius 3 is 2.29 bits per heavy atom. The Balaban J connectivity index is 1.85. The zero-order valence-corrected chi connectivity index (χ0v) is 22.5. The molecular weight excluding hydrogens is 495 g/mol. The van der Waals surface area contributed by atoms with Gasteiger partial charge in [0.2, 0.25) is 5.91 Å². The zero-order chi connectivity index (χ0) is 28.3. The molecule has 3 aromatic rings. The number of halogens is 3. The Hall–Kier alpha value is -3.82. The summed E-state index contributed by atoms with van der Waals surface area (Å²) in [5, 5.41) is 9.87. The molecule has 2 aromatic carbocycles. The van der Waals surface area contributed by atoms with Gasteiger partial charge in [-0.15, -0.1) is 0 Å². The van der Waals surface area contributed by atoms with Gasteiger partial charge in [-0.1, -0.05) is 58.9 Å². The number of carbonyl (C=O) groups is 2. The van der Waals surface area contributed by atoms with Crippen molar-refractivity contribution in [2.24, 2.45) is 5.92 Å². The summed E-state index contributed by atoms with van der Waals surface area (Å²) in [5.41, 5.74) is 0.924. The lowest BCUT2D eigenvalue weighted by Gasteiger charge is -2.25. The van der Waals surface area contributed by atoms with Gasteiger partial charge in [0.25, 0.3) is 0 Å². The molecule has 1 heterocycles. The summed E-state index contributed by atoms with van der Waals surface area (Å²) < 4.78 is 41.9. The molecule has 0 atom stereocenters. The van der Waals surface area contributed by atoms with E-state index in [1.54, 1.807) is 10.7 Å². The number of aromatic nitrogens is 2. The molecule has 0 aliphatic carbocycles. The highest BCUT2D eigenvalue weighted by atomic mass is 19.4. The summed E-state index contributed by atoms with van der Waals surface area (Å²) in [6.07, 6.45) is -4.64. The maximum atomic E-state index is 13.4. The van der Waals surface area contributed by atoms with Gasteiger partial charge in [0.05, 0.1) is 22.6 Å². The molecule has 0 aliphatic heterocycles. The van der Waals surface area contributed by atoms with Gasteiger partial charge in [0.1, 0.15) is 12.4 Å². The van der Waals surface area contributed by atoms with Crippen LogP contribution in [0.4, 0.5) is 29.5 Å². The number of hydrogen-bond acceptors (Lipinski definition) is 3. The van der Waals surface area contributed by atoms with Crippen LogP contribution in [0.1, 0.15) is 51.4 Å². The van der Waals surface area contributed by atoms with E-state index in [0.717, 1.165) is 23.0 Å². The first-order chi connectivity index (χ1) is 17.6. The molecule has 7 nitrogen and oxygen atoms in total. The summed E-state index contributed by atoms with van der Waals surface area (Å²) >= 11 is 0. The van der Waals surface area contributed by atoms with Crippen LogP contribution in [0.15, 0.2) is 54.6 Å². The predicted molar refractivity (Wildman–Crippen MR) is 143 cm³/mol. The number of anilines is 2. The van der Waals surface area contributed by atoms with Crippen molar-refractivity contribution >= 4 is 23.4 Å². The first-order valence-electron chi connectivity index (χ1n) is 12.3. The summed E-state index contributed by atoms with van der Waals surface area (Å²) in [4.78, 5) is 27.4. The van der Waals surface area contributed by atoms with E-state index in [1.807, 2.05) is 65.8 Å². The minimum atomic E-state index is -4.64.